The summed E-state index contributed by atoms with van der Waals surface area (Å²) in [6, 6.07) is 7.51. The van der Waals surface area contributed by atoms with Crippen LogP contribution in [0.4, 0.5) is 0 Å². The summed E-state index contributed by atoms with van der Waals surface area (Å²) in [6.45, 7) is 4.30. The Labute approximate surface area is 207 Å². The van der Waals surface area contributed by atoms with E-state index in [1.54, 1.807) is 4.90 Å². The molecule has 4 rings (SSSR count). The maximum atomic E-state index is 13.5. The lowest BCUT2D eigenvalue weighted by Gasteiger charge is -2.32. The highest BCUT2D eigenvalue weighted by Gasteiger charge is 2.47. The van der Waals surface area contributed by atoms with Gasteiger partial charge in [-0.05, 0) is 44.6 Å². The van der Waals surface area contributed by atoms with Crippen molar-refractivity contribution in [1.29, 1.82) is 0 Å². The van der Waals surface area contributed by atoms with Crippen LogP contribution in [0.15, 0.2) is 36.4 Å². The SMILES string of the molecule is CC[C@H](C(=O)NC1CCCC1)N(Cc1ccc(C)cc1)C(=O)CCN1C(=O)[C@H]2CC=CC[C@H]2C1=O. The number of carbonyl (C=O) groups excluding carboxylic acids is 4. The highest BCUT2D eigenvalue weighted by Crippen LogP contribution is 2.35. The molecule has 0 unspecified atom stereocenters. The third-order valence-electron chi connectivity index (χ3n) is 7.71. The van der Waals surface area contributed by atoms with E-state index >= 15 is 0 Å². The molecule has 35 heavy (non-hydrogen) atoms. The molecule has 3 aliphatic rings. The van der Waals surface area contributed by atoms with E-state index in [4.69, 9.17) is 0 Å². The molecule has 188 valence electrons. The van der Waals surface area contributed by atoms with Gasteiger partial charge in [-0.25, -0.2) is 0 Å². The molecule has 1 saturated heterocycles. The van der Waals surface area contributed by atoms with Crippen LogP contribution in [0.3, 0.4) is 0 Å². The van der Waals surface area contributed by atoms with Crippen molar-refractivity contribution >= 4 is 23.6 Å². The van der Waals surface area contributed by atoms with Gasteiger partial charge in [-0.3, -0.25) is 24.1 Å². The predicted octanol–water partition coefficient (Wildman–Crippen LogP) is 3.50. The molecule has 1 saturated carbocycles. The molecule has 7 nitrogen and oxygen atoms in total. The van der Waals surface area contributed by atoms with Gasteiger partial charge in [-0.1, -0.05) is 61.7 Å². The number of benzene rings is 1. The summed E-state index contributed by atoms with van der Waals surface area (Å²) in [6.07, 6.45) is 9.77. The van der Waals surface area contributed by atoms with Crippen LogP contribution in [0, 0.1) is 18.8 Å². The second-order valence-electron chi connectivity index (χ2n) is 10.2. The third-order valence-corrected chi connectivity index (χ3v) is 7.71. The van der Waals surface area contributed by atoms with E-state index in [-0.39, 0.29) is 54.5 Å². The fourth-order valence-electron chi connectivity index (χ4n) is 5.62. The van der Waals surface area contributed by atoms with Gasteiger partial charge >= 0.3 is 0 Å². The number of allylic oxidation sites excluding steroid dienone is 2. The maximum Gasteiger partial charge on any atom is 0.243 e. The van der Waals surface area contributed by atoms with Crippen LogP contribution < -0.4 is 5.32 Å². The number of amides is 4. The molecular formula is C28H37N3O4. The quantitative estimate of drug-likeness (QED) is 0.434. The summed E-state index contributed by atoms with van der Waals surface area (Å²) in [5.74, 6) is -1.28. The number of fused-ring (bicyclic) bond motifs is 1. The Morgan fingerprint density at radius 3 is 2.20 bits per heavy atom. The van der Waals surface area contributed by atoms with E-state index in [1.807, 2.05) is 50.3 Å². The van der Waals surface area contributed by atoms with Crippen molar-refractivity contribution in [3.63, 3.8) is 0 Å². The number of aryl methyl sites for hydroxylation is 1. The first-order valence-electron chi connectivity index (χ1n) is 13.0. The van der Waals surface area contributed by atoms with Crippen molar-refractivity contribution in [2.24, 2.45) is 11.8 Å². The number of likely N-dealkylation sites (tertiary alicyclic amines) is 1. The molecule has 1 aliphatic heterocycles. The van der Waals surface area contributed by atoms with E-state index in [2.05, 4.69) is 5.32 Å². The van der Waals surface area contributed by atoms with Crippen molar-refractivity contribution < 1.29 is 19.2 Å². The van der Waals surface area contributed by atoms with Gasteiger partial charge in [-0.15, -0.1) is 0 Å². The first-order chi connectivity index (χ1) is 16.9. The van der Waals surface area contributed by atoms with Crippen molar-refractivity contribution in [3.05, 3.63) is 47.5 Å². The van der Waals surface area contributed by atoms with Gasteiger partial charge in [0.1, 0.15) is 6.04 Å². The lowest BCUT2D eigenvalue weighted by atomic mass is 9.85. The van der Waals surface area contributed by atoms with Crippen LogP contribution in [-0.4, -0.2) is 52.1 Å². The molecule has 0 spiro atoms. The molecule has 2 fully saturated rings. The smallest absolute Gasteiger partial charge is 0.243 e. The van der Waals surface area contributed by atoms with Gasteiger partial charge in [0.25, 0.3) is 0 Å². The van der Waals surface area contributed by atoms with Gasteiger partial charge in [0.15, 0.2) is 0 Å². The Morgan fingerprint density at radius 1 is 1.03 bits per heavy atom. The summed E-state index contributed by atoms with van der Waals surface area (Å²) < 4.78 is 0. The van der Waals surface area contributed by atoms with Gasteiger partial charge in [0, 0.05) is 25.6 Å². The molecule has 1 aromatic carbocycles. The second-order valence-corrected chi connectivity index (χ2v) is 10.2. The van der Waals surface area contributed by atoms with Gasteiger partial charge in [0.05, 0.1) is 11.8 Å². The standard InChI is InChI=1S/C28H37N3O4/c1-3-24(26(33)29-21-8-4-5-9-21)31(18-20-14-12-19(2)13-15-20)25(32)16-17-30-27(34)22-10-6-7-11-23(22)28(30)35/h6-7,12-15,21-24H,3-5,8-11,16-18H2,1-2H3,(H,29,33)/t22-,23+,24-/m1/s1. The summed E-state index contributed by atoms with van der Waals surface area (Å²) in [4.78, 5) is 55.3. The molecule has 7 heteroatoms. The van der Waals surface area contributed by atoms with Crippen molar-refractivity contribution in [2.45, 2.75) is 83.8 Å². The Morgan fingerprint density at radius 2 is 1.63 bits per heavy atom. The fourth-order valence-corrected chi connectivity index (χ4v) is 5.62. The van der Waals surface area contributed by atoms with E-state index in [1.165, 1.54) is 4.90 Å². The maximum absolute atomic E-state index is 13.5. The highest BCUT2D eigenvalue weighted by atomic mass is 16.2. The average Bonchev–Trinajstić information content (AvgIpc) is 3.45. The average molecular weight is 480 g/mol. The van der Waals surface area contributed by atoms with Crippen LogP contribution in [-0.2, 0) is 25.7 Å². The lowest BCUT2D eigenvalue weighted by Crippen LogP contribution is -2.51. The minimum absolute atomic E-state index is 0.0173. The van der Waals surface area contributed by atoms with Gasteiger partial charge in [-0.2, -0.15) is 0 Å². The van der Waals surface area contributed by atoms with Crippen LogP contribution in [0.1, 0.15) is 69.4 Å². The normalized spacial score (nSPS) is 22.9. The molecule has 0 aromatic heterocycles. The Bertz CT molecular complexity index is 954. The zero-order chi connectivity index (χ0) is 24.9. The van der Waals surface area contributed by atoms with E-state index in [9.17, 15) is 19.2 Å². The predicted molar refractivity (Wildman–Crippen MR) is 133 cm³/mol. The fraction of sp³-hybridized carbons (Fsp3) is 0.571. The van der Waals surface area contributed by atoms with Crippen molar-refractivity contribution in [2.75, 3.05) is 6.54 Å². The Hall–Kier alpha value is -2.96. The minimum Gasteiger partial charge on any atom is -0.352 e. The summed E-state index contributed by atoms with van der Waals surface area (Å²) >= 11 is 0. The van der Waals surface area contributed by atoms with E-state index < -0.39 is 6.04 Å². The monoisotopic (exact) mass is 479 g/mol. The zero-order valence-corrected chi connectivity index (χ0v) is 20.9. The summed E-state index contributed by atoms with van der Waals surface area (Å²) in [7, 11) is 0. The molecule has 4 amide bonds. The largest absolute Gasteiger partial charge is 0.352 e. The minimum atomic E-state index is -0.596. The number of nitrogens with one attached hydrogen (secondary N) is 1. The number of hydrogen-bond donors (Lipinski definition) is 1. The van der Waals surface area contributed by atoms with Crippen LogP contribution in [0.5, 0.6) is 0 Å². The molecule has 0 radical (unpaired) electrons. The molecule has 1 N–H and O–H groups in total. The Kier molecular flexibility index (Phi) is 8.04. The first kappa shape index (κ1) is 25.1. The molecule has 3 atom stereocenters. The molecular weight excluding hydrogens is 442 g/mol. The third kappa shape index (κ3) is 5.65. The summed E-state index contributed by atoms with van der Waals surface area (Å²) in [5.41, 5.74) is 2.07. The lowest BCUT2D eigenvalue weighted by molar-refractivity contribution is -0.144. The van der Waals surface area contributed by atoms with E-state index in [0.29, 0.717) is 25.8 Å². The number of carbonyl (C=O) groups is 4. The number of nitrogens with zero attached hydrogens (tertiary/aromatic N) is 2. The van der Waals surface area contributed by atoms with Crippen LogP contribution in [0.2, 0.25) is 0 Å². The van der Waals surface area contributed by atoms with Crippen molar-refractivity contribution in [3.8, 4) is 0 Å². The molecule has 2 aliphatic carbocycles. The number of imide groups is 1. The van der Waals surface area contributed by atoms with Crippen LogP contribution in [0.25, 0.3) is 0 Å². The first-order valence-corrected chi connectivity index (χ1v) is 13.0. The topological polar surface area (TPSA) is 86.8 Å². The molecule has 0 bridgehead atoms. The van der Waals surface area contributed by atoms with Gasteiger partial charge in [0.2, 0.25) is 23.6 Å². The number of rotatable bonds is 9. The highest BCUT2D eigenvalue weighted by molar-refractivity contribution is 6.05. The van der Waals surface area contributed by atoms with Crippen molar-refractivity contribution in [1.82, 2.24) is 15.1 Å². The molecule has 1 aromatic rings. The second kappa shape index (κ2) is 11.2. The van der Waals surface area contributed by atoms with Gasteiger partial charge < -0.3 is 10.2 Å². The van der Waals surface area contributed by atoms with Crippen LogP contribution >= 0.6 is 0 Å². The number of hydrogen-bond acceptors (Lipinski definition) is 4. The van der Waals surface area contributed by atoms with E-state index in [0.717, 1.165) is 36.8 Å². The summed E-state index contributed by atoms with van der Waals surface area (Å²) in [5, 5.41) is 3.15. The Balaban J connectivity index is 1.47. The molecule has 1 heterocycles. The zero-order valence-electron chi connectivity index (χ0n) is 20.9.